The molecular formula is C14H28NO3+. The quantitative estimate of drug-likeness (QED) is 0.750. The predicted molar refractivity (Wildman–Crippen MR) is 69.2 cm³/mol. The van der Waals surface area contributed by atoms with E-state index in [1.807, 2.05) is 0 Å². The third-order valence-corrected chi connectivity index (χ3v) is 4.10. The Morgan fingerprint density at radius 1 is 1.06 bits per heavy atom. The zero-order valence-electron chi connectivity index (χ0n) is 12.1. The summed E-state index contributed by atoms with van der Waals surface area (Å²) in [4.78, 5) is 1.34. The molecule has 2 aliphatic heterocycles. The van der Waals surface area contributed by atoms with E-state index < -0.39 is 0 Å². The summed E-state index contributed by atoms with van der Waals surface area (Å²) < 4.78 is 11.9. The molecule has 106 valence electrons. The molecule has 0 aromatic heterocycles. The van der Waals surface area contributed by atoms with Gasteiger partial charge in [0.05, 0.1) is 0 Å². The van der Waals surface area contributed by atoms with E-state index >= 15 is 0 Å². The van der Waals surface area contributed by atoms with Crippen molar-refractivity contribution in [3.8, 4) is 0 Å². The average molecular weight is 258 g/mol. The van der Waals surface area contributed by atoms with Crippen LogP contribution in [0.3, 0.4) is 0 Å². The number of ether oxygens (including phenoxy) is 2. The molecule has 0 amide bonds. The third kappa shape index (κ3) is 2.57. The Hall–Kier alpha value is -0.160. The van der Waals surface area contributed by atoms with Gasteiger partial charge >= 0.3 is 0 Å². The van der Waals surface area contributed by atoms with Crippen LogP contribution in [0.4, 0.5) is 0 Å². The van der Waals surface area contributed by atoms with Gasteiger partial charge in [0, 0.05) is 12.8 Å². The van der Waals surface area contributed by atoms with E-state index in [1.54, 1.807) is 0 Å². The number of nitrogens with one attached hydrogen (secondary N) is 1. The number of aliphatic hydroxyl groups is 1. The van der Waals surface area contributed by atoms with Gasteiger partial charge in [0.2, 0.25) is 0 Å². The first kappa shape index (κ1) is 14.3. The summed E-state index contributed by atoms with van der Waals surface area (Å²) >= 11 is 0. The summed E-state index contributed by atoms with van der Waals surface area (Å²) in [7, 11) is 0. The molecule has 0 bridgehead atoms. The predicted octanol–water partition coefficient (Wildman–Crippen LogP) is 0.407. The molecule has 0 aromatic rings. The molecule has 2 saturated heterocycles. The van der Waals surface area contributed by atoms with E-state index in [9.17, 15) is 5.11 Å². The zero-order valence-corrected chi connectivity index (χ0v) is 12.1. The highest BCUT2D eigenvalue weighted by Gasteiger charge is 2.59. The van der Waals surface area contributed by atoms with Gasteiger partial charge in [-0.1, -0.05) is 27.7 Å². The highest BCUT2D eigenvalue weighted by Crippen LogP contribution is 2.23. The van der Waals surface area contributed by atoms with Gasteiger partial charge in [0.1, 0.15) is 19.8 Å². The summed E-state index contributed by atoms with van der Waals surface area (Å²) in [6, 6.07) is 0. The van der Waals surface area contributed by atoms with Crippen LogP contribution in [-0.2, 0) is 9.47 Å². The van der Waals surface area contributed by atoms with Crippen LogP contribution in [0, 0.1) is 11.8 Å². The Bertz CT molecular complexity index is 258. The Kier molecular flexibility index (Phi) is 4.32. The molecule has 2 N–H and O–H groups in total. The van der Waals surface area contributed by atoms with Gasteiger partial charge in [0.15, 0.2) is 18.0 Å². The maximum Gasteiger partial charge on any atom is 0.194 e. The van der Waals surface area contributed by atoms with E-state index in [1.165, 1.54) is 4.90 Å². The fraction of sp³-hybridized carbons (Fsp3) is 1.00. The van der Waals surface area contributed by atoms with Crippen LogP contribution in [0.5, 0.6) is 0 Å². The first-order valence-corrected chi connectivity index (χ1v) is 7.20. The second-order valence-corrected chi connectivity index (χ2v) is 6.75. The van der Waals surface area contributed by atoms with Crippen LogP contribution in [0.1, 0.15) is 40.5 Å². The smallest absolute Gasteiger partial charge is 0.194 e. The summed E-state index contributed by atoms with van der Waals surface area (Å²) in [5, 5.41) is 9.75. The molecule has 0 spiro atoms. The van der Waals surface area contributed by atoms with Crippen molar-refractivity contribution in [3.63, 3.8) is 0 Å². The second kappa shape index (κ2) is 5.45. The normalized spacial score (nSPS) is 39.8. The Balaban J connectivity index is 2.12. The van der Waals surface area contributed by atoms with E-state index in [4.69, 9.17) is 9.47 Å². The van der Waals surface area contributed by atoms with E-state index in [-0.39, 0.29) is 24.6 Å². The molecule has 0 aliphatic carbocycles. The number of fused-ring (bicyclic) bond motifs is 1. The molecule has 0 saturated carbocycles. The maximum atomic E-state index is 9.75. The SMILES string of the molecule is CC(C)C[C@@H]1OCC2(CO)CO[C@@H](CC(C)C)[NH+]12. The summed E-state index contributed by atoms with van der Waals surface area (Å²) in [6.45, 7) is 10.3. The van der Waals surface area contributed by atoms with Crippen LogP contribution < -0.4 is 4.90 Å². The molecule has 18 heavy (non-hydrogen) atoms. The molecule has 0 aromatic carbocycles. The largest absolute Gasteiger partial charge is 0.390 e. The molecular weight excluding hydrogens is 230 g/mol. The minimum Gasteiger partial charge on any atom is -0.390 e. The first-order chi connectivity index (χ1) is 8.48. The molecule has 2 atom stereocenters. The third-order valence-electron chi connectivity index (χ3n) is 4.10. The Labute approximate surface area is 110 Å². The zero-order chi connectivity index (χ0) is 13.3. The fourth-order valence-corrected chi connectivity index (χ4v) is 3.23. The van der Waals surface area contributed by atoms with Crippen LogP contribution in [0.25, 0.3) is 0 Å². The van der Waals surface area contributed by atoms with Crippen molar-refractivity contribution in [3.05, 3.63) is 0 Å². The molecule has 0 radical (unpaired) electrons. The monoisotopic (exact) mass is 258 g/mol. The van der Waals surface area contributed by atoms with Gasteiger partial charge in [0.25, 0.3) is 0 Å². The lowest BCUT2D eigenvalue weighted by molar-refractivity contribution is -0.990. The molecule has 2 heterocycles. The average Bonchev–Trinajstić information content (AvgIpc) is 2.78. The van der Waals surface area contributed by atoms with Crippen molar-refractivity contribution >= 4 is 0 Å². The van der Waals surface area contributed by atoms with Gasteiger partial charge in [-0.25, -0.2) is 0 Å². The van der Waals surface area contributed by atoms with Crippen molar-refractivity contribution < 1.29 is 19.5 Å². The van der Waals surface area contributed by atoms with Gasteiger partial charge < -0.3 is 14.6 Å². The number of rotatable bonds is 5. The lowest BCUT2D eigenvalue weighted by Gasteiger charge is -2.30. The van der Waals surface area contributed by atoms with Gasteiger partial charge in [-0.3, -0.25) is 4.90 Å². The fourth-order valence-electron chi connectivity index (χ4n) is 3.23. The van der Waals surface area contributed by atoms with Crippen molar-refractivity contribution in [1.29, 1.82) is 0 Å². The van der Waals surface area contributed by atoms with E-state index in [0.717, 1.165) is 12.8 Å². The van der Waals surface area contributed by atoms with Crippen LogP contribution in [0.2, 0.25) is 0 Å². The molecule has 4 nitrogen and oxygen atoms in total. The lowest BCUT2D eigenvalue weighted by atomic mass is 10.00. The minimum absolute atomic E-state index is 0.158. The number of aliphatic hydroxyl groups excluding tert-OH is 1. The standard InChI is InChI=1S/C14H27NO3/c1-10(2)5-12-15-13(6-11(3)4)18-9-14(15,7-16)8-17-12/h10-13,16H,5-9H2,1-4H3/p+1/t12-,13-/m0/s1. The number of quaternary nitrogens is 1. The highest BCUT2D eigenvalue weighted by atomic mass is 16.6. The van der Waals surface area contributed by atoms with Crippen LogP contribution >= 0.6 is 0 Å². The highest BCUT2D eigenvalue weighted by molar-refractivity contribution is 4.87. The van der Waals surface area contributed by atoms with E-state index in [2.05, 4.69) is 27.7 Å². The number of hydrogen-bond donors (Lipinski definition) is 2. The van der Waals surface area contributed by atoms with Crippen molar-refractivity contribution in [2.45, 2.75) is 58.5 Å². The Morgan fingerprint density at radius 2 is 1.50 bits per heavy atom. The molecule has 4 heteroatoms. The maximum absolute atomic E-state index is 9.75. The minimum atomic E-state index is -0.209. The van der Waals surface area contributed by atoms with Crippen LogP contribution in [0.15, 0.2) is 0 Å². The lowest BCUT2D eigenvalue weighted by Crippen LogP contribution is -3.23. The topological polar surface area (TPSA) is 43.1 Å². The molecule has 2 rings (SSSR count). The van der Waals surface area contributed by atoms with E-state index in [0.29, 0.717) is 25.0 Å². The molecule has 0 unspecified atom stereocenters. The van der Waals surface area contributed by atoms with Gasteiger partial charge in [-0.05, 0) is 11.8 Å². The summed E-state index contributed by atoms with van der Waals surface area (Å²) in [5.74, 6) is 1.22. The molecule has 2 fully saturated rings. The van der Waals surface area contributed by atoms with Crippen molar-refractivity contribution in [2.24, 2.45) is 11.8 Å². The first-order valence-electron chi connectivity index (χ1n) is 7.20. The Morgan fingerprint density at radius 3 is 1.83 bits per heavy atom. The molecule has 2 aliphatic rings. The summed E-state index contributed by atoms with van der Waals surface area (Å²) in [6.07, 6.45) is 2.44. The van der Waals surface area contributed by atoms with Gasteiger partial charge in [-0.15, -0.1) is 0 Å². The number of hydrogen-bond acceptors (Lipinski definition) is 3. The second-order valence-electron chi connectivity index (χ2n) is 6.75. The van der Waals surface area contributed by atoms with Crippen molar-refractivity contribution in [1.82, 2.24) is 0 Å². The van der Waals surface area contributed by atoms with Crippen LogP contribution in [-0.4, -0.2) is 42.9 Å². The summed E-state index contributed by atoms with van der Waals surface area (Å²) in [5.41, 5.74) is -0.209. The van der Waals surface area contributed by atoms with Crippen molar-refractivity contribution in [2.75, 3.05) is 19.8 Å². The van der Waals surface area contributed by atoms with Gasteiger partial charge in [-0.2, -0.15) is 0 Å².